The number of benzene rings is 1. The Kier molecular flexibility index (Phi) is 10.3. The number of nitrogens with zero attached hydrogens (tertiary/aromatic N) is 1. The van der Waals surface area contributed by atoms with Gasteiger partial charge in [-0.15, -0.1) is 0 Å². The van der Waals surface area contributed by atoms with E-state index in [-0.39, 0.29) is 31.7 Å². The number of hydrogen-bond donors (Lipinski definition) is 1. The highest BCUT2D eigenvalue weighted by Crippen LogP contribution is 2.45. The zero-order chi connectivity index (χ0) is 22.1. The van der Waals surface area contributed by atoms with Gasteiger partial charge in [0.1, 0.15) is 12.3 Å². The van der Waals surface area contributed by atoms with E-state index < -0.39 is 0 Å². The second-order valence-corrected chi connectivity index (χ2v) is 8.83. The van der Waals surface area contributed by atoms with Gasteiger partial charge in [0, 0.05) is 14.0 Å². The molecule has 1 aromatic carbocycles. The molecule has 2 fully saturated rings. The number of epoxide rings is 1. The molecule has 0 aromatic heterocycles. The number of nitrogens with one attached hydrogen (secondary N) is 1. The van der Waals surface area contributed by atoms with Gasteiger partial charge in [0.25, 0.3) is 0 Å². The molecule has 0 bridgehead atoms. The third-order valence-electron chi connectivity index (χ3n) is 6.37. The summed E-state index contributed by atoms with van der Waals surface area (Å²) in [6.45, 7) is 13.5. The molecule has 172 valence electrons. The molecule has 1 heterocycles. The predicted octanol–water partition coefficient (Wildman–Crippen LogP) is 6.24. The van der Waals surface area contributed by atoms with Gasteiger partial charge in [-0.25, -0.2) is 0 Å². The highest BCUT2D eigenvalue weighted by molar-refractivity contribution is 5.82. The average molecular weight is 419 g/mol. The van der Waals surface area contributed by atoms with Crippen LogP contribution in [0.4, 0.5) is 0 Å². The van der Waals surface area contributed by atoms with Crippen LogP contribution < -0.4 is 5.32 Å². The van der Waals surface area contributed by atoms with Gasteiger partial charge in [0.2, 0.25) is 5.91 Å². The summed E-state index contributed by atoms with van der Waals surface area (Å²) in [5, 5.41) is 3.23. The molecule has 1 saturated heterocycles. The molecule has 4 heteroatoms. The van der Waals surface area contributed by atoms with E-state index in [9.17, 15) is 4.79 Å². The molecule has 4 nitrogen and oxygen atoms in total. The standard InChI is InChI=1S/C24H38N2O2.C2H6.H2/c1-5-6-16-25-23(27)21(19-13-8-7-9-14-19)26(17(2)3)24-22(28-24)20-15-11-10-12-18(20)4;1-2;/h10-12,15,17,19,21-22,24H,5-9,13-14,16H2,1-4H3,(H,25,27);1-2H3;1H. The third kappa shape index (κ3) is 6.31. The second-order valence-electron chi connectivity index (χ2n) is 8.83. The van der Waals surface area contributed by atoms with Crippen molar-refractivity contribution in [2.24, 2.45) is 5.92 Å². The van der Waals surface area contributed by atoms with E-state index in [0.29, 0.717) is 5.92 Å². The van der Waals surface area contributed by atoms with E-state index in [2.05, 4.69) is 62.2 Å². The van der Waals surface area contributed by atoms with Crippen molar-refractivity contribution in [2.45, 2.75) is 111 Å². The first-order valence-electron chi connectivity index (χ1n) is 12.3. The highest BCUT2D eigenvalue weighted by Gasteiger charge is 2.51. The lowest BCUT2D eigenvalue weighted by molar-refractivity contribution is -0.131. The van der Waals surface area contributed by atoms with Gasteiger partial charge in [0.05, 0.1) is 6.04 Å². The second kappa shape index (κ2) is 12.5. The van der Waals surface area contributed by atoms with E-state index in [1.165, 1.54) is 30.4 Å². The zero-order valence-corrected chi connectivity index (χ0v) is 20.1. The van der Waals surface area contributed by atoms with Gasteiger partial charge >= 0.3 is 0 Å². The summed E-state index contributed by atoms with van der Waals surface area (Å²) in [5.41, 5.74) is 2.52. The van der Waals surface area contributed by atoms with Crippen molar-refractivity contribution in [3.05, 3.63) is 35.4 Å². The monoisotopic (exact) mass is 418 g/mol. The van der Waals surface area contributed by atoms with Gasteiger partial charge < -0.3 is 10.1 Å². The van der Waals surface area contributed by atoms with Crippen LogP contribution >= 0.6 is 0 Å². The Balaban J connectivity index is 0.00000156. The van der Waals surface area contributed by atoms with Crippen molar-refractivity contribution >= 4 is 5.91 Å². The number of hydrogen-bond acceptors (Lipinski definition) is 3. The molecule has 0 radical (unpaired) electrons. The van der Waals surface area contributed by atoms with Crippen molar-refractivity contribution in [1.29, 1.82) is 0 Å². The summed E-state index contributed by atoms with van der Waals surface area (Å²) < 4.78 is 6.20. The molecule has 1 saturated carbocycles. The predicted molar refractivity (Wildman–Crippen MR) is 128 cm³/mol. The van der Waals surface area contributed by atoms with Crippen molar-refractivity contribution in [3.8, 4) is 0 Å². The summed E-state index contributed by atoms with van der Waals surface area (Å²) in [6.07, 6.45) is 8.30. The topological polar surface area (TPSA) is 44.9 Å². The molecule has 2 aliphatic rings. The van der Waals surface area contributed by atoms with E-state index in [1.54, 1.807) is 0 Å². The number of rotatable bonds is 9. The Bertz CT molecular complexity index is 646. The normalized spacial score (nSPS) is 22.4. The molecular weight excluding hydrogens is 372 g/mol. The fraction of sp³-hybridized carbons (Fsp3) is 0.731. The molecule has 3 unspecified atom stereocenters. The van der Waals surface area contributed by atoms with E-state index in [0.717, 1.165) is 32.2 Å². The van der Waals surface area contributed by atoms with E-state index in [4.69, 9.17) is 4.74 Å². The summed E-state index contributed by atoms with van der Waals surface area (Å²) in [4.78, 5) is 15.7. The minimum absolute atomic E-state index is 0. The number of aryl methyl sites for hydroxylation is 1. The van der Waals surface area contributed by atoms with Crippen LogP contribution in [0, 0.1) is 12.8 Å². The van der Waals surface area contributed by atoms with Gasteiger partial charge in [-0.1, -0.05) is 70.7 Å². The molecule has 1 aliphatic heterocycles. The van der Waals surface area contributed by atoms with Crippen molar-refractivity contribution in [2.75, 3.05) is 6.54 Å². The maximum atomic E-state index is 13.3. The Morgan fingerprint density at radius 3 is 2.47 bits per heavy atom. The fourth-order valence-electron chi connectivity index (χ4n) is 4.77. The molecule has 1 amide bonds. The number of carbonyl (C=O) groups is 1. The maximum absolute atomic E-state index is 13.3. The number of carbonyl (C=O) groups excluding carboxylic acids is 1. The zero-order valence-electron chi connectivity index (χ0n) is 20.1. The SMILES string of the molecule is CC.CCCCNC(=O)C(C1CCCCC1)N(C(C)C)C1OC1c1ccccc1C.[HH]. The molecule has 3 rings (SSSR count). The first-order chi connectivity index (χ1) is 14.5. The molecule has 1 N–H and O–H groups in total. The Morgan fingerprint density at radius 2 is 1.87 bits per heavy atom. The van der Waals surface area contributed by atoms with Crippen molar-refractivity contribution < 1.29 is 11.0 Å². The molecule has 1 aromatic rings. The third-order valence-corrected chi connectivity index (χ3v) is 6.37. The maximum Gasteiger partial charge on any atom is 0.237 e. The molecule has 0 spiro atoms. The molecule has 1 aliphatic carbocycles. The summed E-state index contributed by atoms with van der Waals surface area (Å²) in [5.74, 6) is 0.632. The van der Waals surface area contributed by atoms with Crippen LogP contribution in [0.25, 0.3) is 0 Å². The number of unbranched alkanes of at least 4 members (excludes halogenated alkanes) is 1. The summed E-state index contributed by atoms with van der Waals surface area (Å²) in [7, 11) is 0. The fourth-order valence-corrected chi connectivity index (χ4v) is 4.77. The van der Waals surface area contributed by atoms with E-state index >= 15 is 0 Å². The number of amides is 1. The van der Waals surface area contributed by atoms with Gasteiger partial charge in [0.15, 0.2) is 0 Å². The van der Waals surface area contributed by atoms with Crippen LogP contribution in [0.1, 0.15) is 98.2 Å². The summed E-state index contributed by atoms with van der Waals surface area (Å²) >= 11 is 0. The lowest BCUT2D eigenvalue weighted by atomic mass is 9.82. The Labute approximate surface area is 186 Å². The van der Waals surface area contributed by atoms with Crippen LogP contribution in [0.3, 0.4) is 0 Å². The Hall–Kier alpha value is -1.39. The molecule has 30 heavy (non-hydrogen) atoms. The van der Waals surface area contributed by atoms with Crippen LogP contribution in [0.2, 0.25) is 0 Å². The minimum atomic E-state index is -0.0869. The lowest BCUT2D eigenvalue weighted by Gasteiger charge is -2.39. The van der Waals surface area contributed by atoms with Gasteiger partial charge in [-0.05, 0) is 57.1 Å². The highest BCUT2D eigenvalue weighted by atomic mass is 16.6. The van der Waals surface area contributed by atoms with E-state index in [1.807, 2.05) is 13.8 Å². The van der Waals surface area contributed by atoms with Gasteiger partial charge in [-0.3, -0.25) is 9.69 Å². The minimum Gasteiger partial charge on any atom is -0.355 e. The lowest BCUT2D eigenvalue weighted by Crippen LogP contribution is -2.55. The number of ether oxygens (including phenoxy) is 1. The average Bonchev–Trinajstić information content (AvgIpc) is 3.54. The van der Waals surface area contributed by atoms with Crippen LogP contribution in [-0.4, -0.2) is 35.7 Å². The first-order valence-corrected chi connectivity index (χ1v) is 12.3. The summed E-state index contributed by atoms with van der Waals surface area (Å²) in [6, 6.07) is 8.64. The first kappa shape index (κ1) is 24.9. The quantitative estimate of drug-likeness (QED) is 0.381. The molecule has 3 atom stereocenters. The largest absolute Gasteiger partial charge is 0.355 e. The Morgan fingerprint density at radius 1 is 1.20 bits per heavy atom. The molecular formula is C26H46N2O2. The van der Waals surface area contributed by atoms with Crippen molar-refractivity contribution in [3.63, 3.8) is 0 Å². The van der Waals surface area contributed by atoms with Crippen LogP contribution in [0.15, 0.2) is 24.3 Å². The smallest absolute Gasteiger partial charge is 0.237 e. The van der Waals surface area contributed by atoms with Gasteiger partial charge in [-0.2, -0.15) is 0 Å². The van der Waals surface area contributed by atoms with Crippen LogP contribution in [-0.2, 0) is 9.53 Å². The van der Waals surface area contributed by atoms with Crippen molar-refractivity contribution in [1.82, 2.24) is 10.2 Å². The van der Waals surface area contributed by atoms with Crippen LogP contribution in [0.5, 0.6) is 0 Å².